The molecule has 0 unspecified atom stereocenters. The van der Waals surface area contributed by atoms with Crippen molar-refractivity contribution in [2.75, 3.05) is 13.6 Å². The zero-order chi connectivity index (χ0) is 10.8. The highest BCUT2D eigenvalue weighted by Gasteiger charge is 2.64. The normalized spacial score (nSPS) is 46.3. The second kappa shape index (κ2) is 2.41. The number of rotatable bonds is 1. The smallest absolute Gasteiger partial charge is 0.229 e. The third kappa shape index (κ3) is 0.866. The van der Waals surface area contributed by atoms with Crippen LogP contribution in [0.4, 0.5) is 0 Å². The van der Waals surface area contributed by atoms with Crippen LogP contribution in [-0.4, -0.2) is 42.1 Å². The van der Waals surface area contributed by atoms with E-state index in [0.717, 1.165) is 0 Å². The van der Waals surface area contributed by atoms with Crippen LogP contribution in [0.1, 0.15) is 0 Å². The highest BCUT2D eigenvalue weighted by atomic mass is 16.5. The third-order valence-electron chi connectivity index (χ3n) is 3.56. The Bertz CT molecular complexity index is 391. The predicted molar refractivity (Wildman–Crippen MR) is 46.4 cm³/mol. The van der Waals surface area contributed by atoms with Gasteiger partial charge in [-0.15, -0.1) is 0 Å². The molecule has 5 heteroatoms. The molecule has 0 aromatic heterocycles. The molecule has 0 radical (unpaired) electrons. The summed E-state index contributed by atoms with van der Waals surface area (Å²) in [5, 5.41) is 11.0. The zero-order valence-corrected chi connectivity index (χ0v) is 8.17. The number of likely N-dealkylation sites (N-methyl/N-ethyl adjacent to an activating group) is 1. The molecular weight excluding hydrogens is 198 g/mol. The first-order chi connectivity index (χ1) is 7.05. The molecule has 1 spiro atoms. The lowest BCUT2D eigenvalue weighted by molar-refractivity contribution is -0.313. The van der Waals surface area contributed by atoms with Crippen LogP contribution in [-0.2, 0) is 14.3 Å². The van der Waals surface area contributed by atoms with Gasteiger partial charge in [0.1, 0.15) is 5.60 Å². The number of carbonyl (C=O) groups excluding carboxylic acids is 2. The molecule has 2 fully saturated rings. The Morgan fingerprint density at radius 3 is 3.13 bits per heavy atom. The summed E-state index contributed by atoms with van der Waals surface area (Å²) in [7, 11) is 1.66. The largest absolute Gasteiger partial charge is 0.550 e. The van der Waals surface area contributed by atoms with E-state index in [4.69, 9.17) is 4.74 Å². The zero-order valence-electron chi connectivity index (χ0n) is 8.17. The molecule has 5 nitrogen and oxygen atoms in total. The number of hydrogen-bond donors (Lipinski definition) is 0. The number of carboxylic acid groups (broad SMARTS) is 1. The van der Waals surface area contributed by atoms with Gasteiger partial charge in [-0.3, -0.25) is 4.79 Å². The van der Waals surface area contributed by atoms with E-state index in [1.54, 1.807) is 13.1 Å². The van der Waals surface area contributed by atoms with Gasteiger partial charge in [0.15, 0.2) is 0 Å². The fourth-order valence-electron chi connectivity index (χ4n) is 2.96. The summed E-state index contributed by atoms with van der Waals surface area (Å²) in [5.41, 5.74) is -0.707. The van der Waals surface area contributed by atoms with E-state index in [1.165, 1.54) is 4.90 Å². The number of fused-ring (bicyclic) bond motifs is 1. The molecule has 2 saturated heterocycles. The van der Waals surface area contributed by atoms with Crippen molar-refractivity contribution in [1.29, 1.82) is 0 Å². The molecule has 0 N–H and O–H groups in total. The molecule has 4 atom stereocenters. The third-order valence-corrected chi connectivity index (χ3v) is 3.56. The Morgan fingerprint density at radius 2 is 2.47 bits per heavy atom. The number of ether oxygens (including phenoxy) is 1. The summed E-state index contributed by atoms with van der Waals surface area (Å²) in [6, 6.07) is 0. The second-order valence-electron chi connectivity index (χ2n) is 4.41. The molecule has 3 aliphatic heterocycles. The Balaban J connectivity index is 2.08. The standard InChI is InChI=1S/C10H11NO4/c1-11-4-10-3-2-5(15-10)6(9(13)14)7(10)8(11)12/h2-3,5-7H,4H2,1H3,(H,13,14)/p-1/t5-,6-,7+,10+/m0/s1. The topological polar surface area (TPSA) is 69.7 Å². The van der Waals surface area contributed by atoms with Crippen LogP contribution in [0.3, 0.4) is 0 Å². The van der Waals surface area contributed by atoms with Crippen LogP contribution in [0.2, 0.25) is 0 Å². The Kier molecular flexibility index (Phi) is 1.43. The van der Waals surface area contributed by atoms with E-state index >= 15 is 0 Å². The average molecular weight is 208 g/mol. The van der Waals surface area contributed by atoms with Crippen molar-refractivity contribution in [3.05, 3.63) is 12.2 Å². The summed E-state index contributed by atoms with van der Waals surface area (Å²) < 4.78 is 5.60. The number of nitrogens with zero attached hydrogens (tertiary/aromatic N) is 1. The first-order valence-electron chi connectivity index (χ1n) is 4.88. The van der Waals surface area contributed by atoms with E-state index < -0.39 is 29.5 Å². The maximum atomic E-state index is 11.8. The Labute approximate surface area is 86.3 Å². The van der Waals surface area contributed by atoms with Crippen LogP contribution in [0.25, 0.3) is 0 Å². The van der Waals surface area contributed by atoms with Crippen LogP contribution >= 0.6 is 0 Å². The summed E-state index contributed by atoms with van der Waals surface area (Å²) in [6.45, 7) is 0.438. The molecule has 3 heterocycles. The minimum absolute atomic E-state index is 0.156. The average Bonchev–Trinajstić information content (AvgIpc) is 2.75. The quantitative estimate of drug-likeness (QED) is 0.474. The van der Waals surface area contributed by atoms with Crippen LogP contribution < -0.4 is 5.11 Å². The van der Waals surface area contributed by atoms with Crippen molar-refractivity contribution >= 4 is 11.9 Å². The Morgan fingerprint density at radius 1 is 1.73 bits per heavy atom. The summed E-state index contributed by atoms with van der Waals surface area (Å²) >= 11 is 0. The van der Waals surface area contributed by atoms with E-state index in [0.29, 0.717) is 6.54 Å². The fourth-order valence-corrected chi connectivity index (χ4v) is 2.96. The molecule has 2 bridgehead atoms. The lowest BCUT2D eigenvalue weighted by atomic mass is 9.77. The minimum Gasteiger partial charge on any atom is -0.550 e. The lowest BCUT2D eigenvalue weighted by Crippen LogP contribution is -2.44. The van der Waals surface area contributed by atoms with Crippen molar-refractivity contribution in [3.63, 3.8) is 0 Å². The number of likely N-dealkylation sites (tertiary alicyclic amines) is 1. The number of aliphatic carboxylic acids is 1. The number of amides is 1. The second-order valence-corrected chi connectivity index (χ2v) is 4.41. The molecular formula is C10H10NO4-. The number of carbonyl (C=O) groups is 2. The number of hydrogen-bond acceptors (Lipinski definition) is 4. The van der Waals surface area contributed by atoms with Crippen LogP contribution in [0, 0.1) is 11.8 Å². The minimum atomic E-state index is -1.19. The van der Waals surface area contributed by atoms with E-state index in [-0.39, 0.29) is 5.91 Å². The maximum absolute atomic E-state index is 11.8. The fraction of sp³-hybridized carbons (Fsp3) is 0.600. The van der Waals surface area contributed by atoms with Crippen LogP contribution in [0.15, 0.2) is 12.2 Å². The van der Waals surface area contributed by atoms with Gasteiger partial charge in [0.05, 0.1) is 18.6 Å². The number of carboxylic acids is 1. The predicted octanol–water partition coefficient (Wildman–Crippen LogP) is -1.85. The monoisotopic (exact) mass is 208 g/mol. The van der Waals surface area contributed by atoms with Crippen molar-refractivity contribution in [2.45, 2.75) is 11.7 Å². The molecule has 15 heavy (non-hydrogen) atoms. The Hall–Kier alpha value is -1.36. The van der Waals surface area contributed by atoms with E-state index in [2.05, 4.69) is 0 Å². The first kappa shape index (κ1) is 8.91. The summed E-state index contributed by atoms with van der Waals surface area (Å²) in [5.74, 6) is -2.77. The van der Waals surface area contributed by atoms with E-state index in [9.17, 15) is 14.7 Å². The van der Waals surface area contributed by atoms with E-state index in [1.807, 2.05) is 6.08 Å². The molecule has 0 aliphatic carbocycles. The van der Waals surface area contributed by atoms with Crippen molar-refractivity contribution in [3.8, 4) is 0 Å². The SMILES string of the molecule is CN1C[C@@]23C=C[C@H](O2)[C@H](C(=O)[O-])[C@@H]3C1=O. The van der Waals surface area contributed by atoms with Gasteiger partial charge in [-0.05, 0) is 0 Å². The molecule has 3 aliphatic rings. The van der Waals surface area contributed by atoms with Gasteiger partial charge in [0.2, 0.25) is 5.91 Å². The molecule has 80 valence electrons. The van der Waals surface area contributed by atoms with Gasteiger partial charge in [0, 0.05) is 18.9 Å². The van der Waals surface area contributed by atoms with Gasteiger partial charge < -0.3 is 19.5 Å². The molecule has 0 saturated carbocycles. The highest BCUT2D eigenvalue weighted by molar-refractivity contribution is 5.90. The highest BCUT2D eigenvalue weighted by Crippen LogP contribution is 2.51. The molecule has 3 rings (SSSR count). The van der Waals surface area contributed by atoms with Crippen molar-refractivity contribution < 1.29 is 19.4 Å². The summed E-state index contributed by atoms with van der Waals surface area (Å²) in [4.78, 5) is 24.3. The van der Waals surface area contributed by atoms with Gasteiger partial charge in [-0.25, -0.2) is 0 Å². The molecule has 0 aromatic rings. The molecule has 0 aromatic carbocycles. The lowest BCUT2D eigenvalue weighted by Gasteiger charge is -2.24. The van der Waals surface area contributed by atoms with Gasteiger partial charge in [-0.1, -0.05) is 12.2 Å². The van der Waals surface area contributed by atoms with Gasteiger partial charge >= 0.3 is 0 Å². The summed E-state index contributed by atoms with van der Waals surface area (Å²) in [6.07, 6.45) is 3.06. The van der Waals surface area contributed by atoms with Crippen molar-refractivity contribution in [2.24, 2.45) is 11.8 Å². The molecule has 1 amide bonds. The van der Waals surface area contributed by atoms with Gasteiger partial charge in [0.25, 0.3) is 0 Å². The van der Waals surface area contributed by atoms with Gasteiger partial charge in [-0.2, -0.15) is 0 Å². The van der Waals surface area contributed by atoms with Crippen LogP contribution in [0.5, 0.6) is 0 Å². The van der Waals surface area contributed by atoms with Crippen molar-refractivity contribution in [1.82, 2.24) is 4.90 Å². The maximum Gasteiger partial charge on any atom is 0.229 e. The first-order valence-corrected chi connectivity index (χ1v) is 4.88.